The fourth-order valence-corrected chi connectivity index (χ4v) is 2.23. The average Bonchev–Trinajstić information content (AvgIpc) is 2.64. The summed E-state index contributed by atoms with van der Waals surface area (Å²) in [7, 11) is 1.73. The second-order valence-electron chi connectivity index (χ2n) is 4.48. The van der Waals surface area contributed by atoms with E-state index in [9.17, 15) is 10.1 Å². The van der Waals surface area contributed by atoms with Crippen molar-refractivity contribution in [3.63, 3.8) is 0 Å². The summed E-state index contributed by atoms with van der Waals surface area (Å²) in [6.45, 7) is 0. The Balaban J connectivity index is 2.17. The summed E-state index contributed by atoms with van der Waals surface area (Å²) in [6.07, 6.45) is 5.59. The minimum Gasteiger partial charge on any atom is -0.360 e. The lowest BCUT2D eigenvalue weighted by Gasteiger charge is -2.29. The van der Waals surface area contributed by atoms with Gasteiger partial charge in [-0.15, -0.1) is 0 Å². The van der Waals surface area contributed by atoms with Crippen LogP contribution >= 0.6 is 0 Å². The highest BCUT2D eigenvalue weighted by atomic mass is 16.6. The van der Waals surface area contributed by atoms with Gasteiger partial charge in [0.1, 0.15) is 0 Å². The molecule has 1 aromatic heterocycles. The van der Waals surface area contributed by atoms with Gasteiger partial charge in [-0.05, 0) is 22.7 Å². The van der Waals surface area contributed by atoms with Crippen LogP contribution in [0.2, 0.25) is 0 Å². The van der Waals surface area contributed by atoms with Gasteiger partial charge in [-0.3, -0.25) is 4.57 Å². The maximum Gasteiger partial charge on any atom is 0.406 e. The summed E-state index contributed by atoms with van der Waals surface area (Å²) in [6, 6.07) is 0.149. The van der Waals surface area contributed by atoms with E-state index in [0.29, 0.717) is 5.82 Å². The molecule has 3 N–H and O–H groups in total. The predicted molar refractivity (Wildman–Crippen MR) is 63.7 cm³/mol. The summed E-state index contributed by atoms with van der Waals surface area (Å²) in [5, 5.41) is 14.0. The molecule has 94 valence electrons. The van der Waals surface area contributed by atoms with Crippen molar-refractivity contribution in [2.45, 2.75) is 37.8 Å². The van der Waals surface area contributed by atoms with Crippen LogP contribution < -0.4 is 11.1 Å². The molecule has 0 amide bonds. The standard InChI is InChI=1S/C10H17N5O2/c1-14-6-12-9(15(16)17)10(14)13-8-5-3-2-4-7(8)11/h6-8,13H,2-5,11H2,1H3/t7-,8-/m1/s1. The topological polar surface area (TPSA) is 99.0 Å². The van der Waals surface area contributed by atoms with Crippen LogP contribution in [0.3, 0.4) is 0 Å². The smallest absolute Gasteiger partial charge is 0.360 e. The van der Waals surface area contributed by atoms with Gasteiger partial charge >= 0.3 is 5.82 Å². The Hall–Kier alpha value is -1.63. The molecule has 0 saturated heterocycles. The lowest BCUT2D eigenvalue weighted by atomic mass is 9.91. The Bertz CT molecular complexity index is 417. The summed E-state index contributed by atoms with van der Waals surface area (Å²) in [4.78, 5) is 14.1. The van der Waals surface area contributed by atoms with E-state index in [-0.39, 0.29) is 17.9 Å². The maximum atomic E-state index is 10.8. The van der Waals surface area contributed by atoms with E-state index >= 15 is 0 Å². The molecular formula is C10H17N5O2. The fourth-order valence-electron chi connectivity index (χ4n) is 2.23. The van der Waals surface area contributed by atoms with Gasteiger partial charge in [-0.2, -0.15) is 0 Å². The molecule has 0 aliphatic heterocycles. The van der Waals surface area contributed by atoms with E-state index in [4.69, 9.17) is 5.73 Å². The molecule has 7 heteroatoms. The first-order chi connectivity index (χ1) is 8.09. The van der Waals surface area contributed by atoms with E-state index in [2.05, 4.69) is 10.3 Å². The summed E-state index contributed by atoms with van der Waals surface area (Å²) < 4.78 is 1.62. The predicted octanol–water partition coefficient (Wildman–Crippen LogP) is 1.01. The van der Waals surface area contributed by atoms with Crippen molar-refractivity contribution in [1.82, 2.24) is 9.55 Å². The fraction of sp³-hybridized carbons (Fsp3) is 0.700. The number of nitrogens with one attached hydrogen (secondary N) is 1. The minimum atomic E-state index is -0.476. The SMILES string of the molecule is Cn1cnc([N+](=O)[O-])c1N[C@@H]1CCCC[C@H]1N. The number of anilines is 1. The molecule has 2 rings (SSSR count). The molecule has 17 heavy (non-hydrogen) atoms. The molecule has 1 saturated carbocycles. The van der Waals surface area contributed by atoms with Crippen LogP contribution in [0.15, 0.2) is 6.33 Å². The van der Waals surface area contributed by atoms with Gasteiger partial charge < -0.3 is 21.2 Å². The summed E-state index contributed by atoms with van der Waals surface area (Å²) in [5.74, 6) is 0.308. The van der Waals surface area contributed by atoms with E-state index in [1.165, 1.54) is 6.33 Å². The molecule has 1 aromatic rings. The monoisotopic (exact) mass is 239 g/mol. The van der Waals surface area contributed by atoms with Crippen molar-refractivity contribution in [3.8, 4) is 0 Å². The maximum absolute atomic E-state index is 10.8. The first-order valence-corrected chi connectivity index (χ1v) is 5.77. The van der Waals surface area contributed by atoms with Gasteiger partial charge in [-0.1, -0.05) is 12.8 Å². The largest absolute Gasteiger partial charge is 0.406 e. The lowest BCUT2D eigenvalue weighted by Crippen LogP contribution is -2.43. The molecule has 0 bridgehead atoms. The van der Waals surface area contributed by atoms with Crippen LogP contribution in [0.4, 0.5) is 11.6 Å². The van der Waals surface area contributed by atoms with Crippen molar-refractivity contribution < 1.29 is 4.92 Å². The molecule has 0 aromatic carbocycles. The molecule has 1 fully saturated rings. The highest BCUT2D eigenvalue weighted by Gasteiger charge is 2.27. The molecule has 0 radical (unpaired) electrons. The van der Waals surface area contributed by atoms with E-state index in [0.717, 1.165) is 25.7 Å². The average molecular weight is 239 g/mol. The second-order valence-corrected chi connectivity index (χ2v) is 4.48. The number of hydrogen-bond donors (Lipinski definition) is 2. The number of imidazole rings is 1. The third-order valence-electron chi connectivity index (χ3n) is 3.23. The Kier molecular flexibility index (Phi) is 3.28. The molecule has 7 nitrogen and oxygen atoms in total. The molecule has 0 unspecified atom stereocenters. The highest BCUT2D eigenvalue weighted by Crippen LogP contribution is 2.26. The third-order valence-corrected chi connectivity index (χ3v) is 3.23. The first kappa shape index (κ1) is 11.8. The Labute approximate surface area is 99.2 Å². The number of nitrogens with zero attached hydrogens (tertiary/aromatic N) is 3. The van der Waals surface area contributed by atoms with Crippen molar-refractivity contribution in [2.75, 3.05) is 5.32 Å². The normalized spacial score (nSPS) is 24.6. The zero-order valence-corrected chi connectivity index (χ0v) is 9.80. The van der Waals surface area contributed by atoms with Crippen molar-refractivity contribution in [2.24, 2.45) is 12.8 Å². The second kappa shape index (κ2) is 4.70. The quantitative estimate of drug-likeness (QED) is 0.605. The van der Waals surface area contributed by atoms with Crippen molar-refractivity contribution in [3.05, 3.63) is 16.4 Å². The zero-order chi connectivity index (χ0) is 12.4. The third kappa shape index (κ3) is 2.38. The summed E-state index contributed by atoms with van der Waals surface area (Å²) >= 11 is 0. The van der Waals surface area contributed by atoms with Gasteiger partial charge in [0.05, 0.1) is 0 Å². The molecule has 1 heterocycles. The van der Waals surface area contributed by atoms with Gasteiger partial charge in [0.2, 0.25) is 12.1 Å². The first-order valence-electron chi connectivity index (χ1n) is 5.77. The summed E-state index contributed by atoms with van der Waals surface area (Å²) in [5.41, 5.74) is 6.01. The lowest BCUT2D eigenvalue weighted by molar-refractivity contribution is -0.388. The van der Waals surface area contributed by atoms with Gasteiger partial charge in [-0.25, -0.2) is 0 Å². The molecule has 0 spiro atoms. The number of nitro groups is 1. The Morgan fingerprint density at radius 2 is 2.29 bits per heavy atom. The highest BCUT2D eigenvalue weighted by molar-refractivity contribution is 5.52. The van der Waals surface area contributed by atoms with Crippen LogP contribution in [0.1, 0.15) is 25.7 Å². The van der Waals surface area contributed by atoms with E-state index in [1.54, 1.807) is 11.6 Å². The number of aromatic nitrogens is 2. The molecule has 1 aliphatic rings. The van der Waals surface area contributed by atoms with Gasteiger partial charge in [0.25, 0.3) is 0 Å². The van der Waals surface area contributed by atoms with Crippen LogP contribution in [0.25, 0.3) is 0 Å². The number of aryl methyl sites for hydroxylation is 1. The van der Waals surface area contributed by atoms with Crippen LogP contribution in [-0.4, -0.2) is 26.6 Å². The van der Waals surface area contributed by atoms with Crippen molar-refractivity contribution in [1.29, 1.82) is 0 Å². The van der Waals surface area contributed by atoms with Gasteiger partial charge in [0, 0.05) is 19.1 Å². The molecule has 2 atom stereocenters. The van der Waals surface area contributed by atoms with Crippen molar-refractivity contribution >= 4 is 11.6 Å². The van der Waals surface area contributed by atoms with E-state index in [1.807, 2.05) is 0 Å². The number of hydrogen-bond acceptors (Lipinski definition) is 5. The molecular weight excluding hydrogens is 222 g/mol. The van der Waals surface area contributed by atoms with E-state index < -0.39 is 4.92 Å². The van der Waals surface area contributed by atoms with Crippen LogP contribution in [0.5, 0.6) is 0 Å². The van der Waals surface area contributed by atoms with Gasteiger partial charge in [0.15, 0.2) is 0 Å². The zero-order valence-electron chi connectivity index (χ0n) is 9.80. The number of nitrogens with two attached hydrogens (primary N) is 1. The Morgan fingerprint density at radius 1 is 1.59 bits per heavy atom. The number of rotatable bonds is 3. The minimum absolute atomic E-state index is 0.0539. The van der Waals surface area contributed by atoms with Crippen LogP contribution in [0, 0.1) is 10.1 Å². The Morgan fingerprint density at radius 3 is 2.94 bits per heavy atom. The van der Waals surface area contributed by atoms with Crippen LogP contribution in [-0.2, 0) is 7.05 Å². The molecule has 1 aliphatic carbocycles.